The number of aromatic nitrogens is 4. The second-order valence-corrected chi connectivity index (χ2v) is 5.04. The molecule has 0 aliphatic rings. The Labute approximate surface area is 134 Å². The van der Waals surface area contributed by atoms with Crippen LogP contribution in [0.4, 0.5) is 23.3 Å². The van der Waals surface area contributed by atoms with Gasteiger partial charge in [-0.3, -0.25) is 5.10 Å². The minimum Gasteiger partial charge on any atom is -0.378 e. The zero-order chi connectivity index (χ0) is 16.1. The summed E-state index contributed by atoms with van der Waals surface area (Å²) < 4.78 is 5.18. The molecule has 0 spiro atoms. The number of benzene rings is 1. The van der Waals surface area contributed by atoms with Gasteiger partial charge in [0.2, 0.25) is 5.95 Å². The van der Waals surface area contributed by atoms with Gasteiger partial charge in [-0.25, -0.2) is 4.98 Å². The van der Waals surface area contributed by atoms with E-state index in [2.05, 4.69) is 30.8 Å². The Morgan fingerprint density at radius 1 is 1.09 bits per heavy atom. The number of hydrogen-bond acceptors (Lipinski definition) is 6. The lowest BCUT2D eigenvalue weighted by molar-refractivity contribution is 0.181. The number of para-hydroxylation sites is 1. The van der Waals surface area contributed by atoms with E-state index in [1.807, 2.05) is 49.4 Å². The zero-order valence-electron chi connectivity index (χ0n) is 13.0. The number of H-pyrrole nitrogens is 1. The van der Waals surface area contributed by atoms with E-state index in [0.29, 0.717) is 18.4 Å². The molecule has 7 heteroatoms. The van der Waals surface area contributed by atoms with Crippen molar-refractivity contribution < 1.29 is 4.74 Å². The molecule has 0 amide bonds. The summed E-state index contributed by atoms with van der Waals surface area (Å²) in [4.78, 5) is 8.93. The molecular weight excluding hydrogens is 292 g/mol. The van der Waals surface area contributed by atoms with E-state index >= 15 is 0 Å². The fourth-order valence-corrected chi connectivity index (χ4v) is 2.11. The molecule has 0 saturated carbocycles. The van der Waals surface area contributed by atoms with E-state index in [4.69, 9.17) is 4.74 Å². The number of nitrogens with one attached hydrogen (secondary N) is 3. The number of ether oxygens (including phenoxy) is 1. The molecule has 1 aromatic carbocycles. The van der Waals surface area contributed by atoms with Crippen LogP contribution < -0.4 is 10.6 Å². The zero-order valence-corrected chi connectivity index (χ0v) is 13.0. The molecule has 118 valence electrons. The van der Waals surface area contributed by atoms with Crippen LogP contribution in [-0.2, 0) is 11.3 Å². The molecule has 0 unspecified atom stereocenters. The molecule has 0 aliphatic heterocycles. The Kier molecular flexibility index (Phi) is 4.49. The predicted molar refractivity (Wildman–Crippen MR) is 89.1 cm³/mol. The normalized spacial score (nSPS) is 10.5. The fourth-order valence-electron chi connectivity index (χ4n) is 2.11. The number of aromatic amines is 1. The van der Waals surface area contributed by atoms with Gasteiger partial charge in [-0.1, -0.05) is 18.2 Å². The molecule has 0 radical (unpaired) electrons. The van der Waals surface area contributed by atoms with Crippen LogP contribution in [0.15, 0.2) is 42.5 Å². The summed E-state index contributed by atoms with van der Waals surface area (Å²) in [6.45, 7) is 2.32. The highest BCUT2D eigenvalue weighted by atomic mass is 16.5. The molecule has 0 bridgehead atoms. The van der Waals surface area contributed by atoms with E-state index in [0.717, 1.165) is 22.9 Å². The Balaban J connectivity index is 1.86. The SMILES string of the molecule is COCc1cc(Nc2cc(C)n[nH]2)nc(Nc2ccccc2)n1. The fraction of sp³-hybridized carbons (Fsp3) is 0.188. The van der Waals surface area contributed by atoms with Crippen molar-refractivity contribution in [2.75, 3.05) is 17.7 Å². The summed E-state index contributed by atoms with van der Waals surface area (Å²) >= 11 is 0. The van der Waals surface area contributed by atoms with Crippen molar-refractivity contribution in [1.29, 1.82) is 0 Å². The van der Waals surface area contributed by atoms with Gasteiger partial charge >= 0.3 is 0 Å². The van der Waals surface area contributed by atoms with Crippen LogP contribution in [0.25, 0.3) is 0 Å². The molecule has 23 heavy (non-hydrogen) atoms. The van der Waals surface area contributed by atoms with Crippen LogP contribution in [0.1, 0.15) is 11.4 Å². The van der Waals surface area contributed by atoms with Crippen molar-refractivity contribution in [3.8, 4) is 0 Å². The quantitative estimate of drug-likeness (QED) is 0.648. The smallest absolute Gasteiger partial charge is 0.229 e. The Morgan fingerprint density at radius 3 is 2.61 bits per heavy atom. The number of methoxy groups -OCH3 is 1. The molecule has 2 aromatic heterocycles. The number of anilines is 4. The molecule has 3 aromatic rings. The van der Waals surface area contributed by atoms with E-state index in [1.165, 1.54) is 0 Å². The highest BCUT2D eigenvalue weighted by Gasteiger charge is 2.07. The van der Waals surface area contributed by atoms with Gasteiger partial charge in [0.15, 0.2) is 0 Å². The molecule has 0 aliphatic carbocycles. The van der Waals surface area contributed by atoms with Crippen molar-refractivity contribution in [1.82, 2.24) is 20.2 Å². The van der Waals surface area contributed by atoms with Gasteiger partial charge in [0.25, 0.3) is 0 Å². The van der Waals surface area contributed by atoms with Crippen LogP contribution in [0.2, 0.25) is 0 Å². The van der Waals surface area contributed by atoms with Gasteiger partial charge in [-0.05, 0) is 19.1 Å². The maximum absolute atomic E-state index is 5.18. The maximum atomic E-state index is 5.18. The second-order valence-electron chi connectivity index (χ2n) is 5.04. The van der Waals surface area contributed by atoms with Gasteiger partial charge in [0.05, 0.1) is 18.0 Å². The number of rotatable bonds is 6. The number of hydrogen-bond donors (Lipinski definition) is 3. The van der Waals surface area contributed by atoms with E-state index in [1.54, 1.807) is 7.11 Å². The molecule has 3 rings (SSSR count). The third-order valence-electron chi connectivity index (χ3n) is 3.07. The molecule has 0 atom stereocenters. The summed E-state index contributed by atoms with van der Waals surface area (Å²) in [5.41, 5.74) is 2.60. The lowest BCUT2D eigenvalue weighted by Crippen LogP contribution is -2.04. The van der Waals surface area contributed by atoms with Crippen molar-refractivity contribution in [2.45, 2.75) is 13.5 Å². The monoisotopic (exact) mass is 310 g/mol. The van der Waals surface area contributed by atoms with Gasteiger partial charge in [0, 0.05) is 24.9 Å². The average molecular weight is 310 g/mol. The standard InChI is InChI=1S/C16H18N6O/c1-11-8-15(22-21-11)19-14-9-13(10-23-2)18-16(20-14)17-12-6-4-3-5-7-12/h3-9H,10H2,1-2H3,(H3,17,18,19,20,21,22). The summed E-state index contributed by atoms with van der Waals surface area (Å²) in [5.74, 6) is 1.94. The first-order chi connectivity index (χ1) is 11.2. The van der Waals surface area contributed by atoms with E-state index in [9.17, 15) is 0 Å². The first-order valence-electron chi connectivity index (χ1n) is 7.21. The van der Waals surface area contributed by atoms with Crippen LogP contribution in [0, 0.1) is 6.92 Å². The maximum Gasteiger partial charge on any atom is 0.229 e. The lowest BCUT2D eigenvalue weighted by Gasteiger charge is -2.10. The van der Waals surface area contributed by atoms with Crippen LogP contribution in [-0.4, -0.2) is 27.3 Å². The summed E-state index contributed by atoms with van der Waals surface area (Å²) in [5, 5.41) is 13.4. The Morgan fingerprint density at radius 2 is 1.91 bits per heavy atom. The largest absolute Gasteiger partial charge is 0.378 e. The van der Waals surface area contributed by atoms with E-state index in [-0.39, 0.29) is 0 Å². The van der Waals surface area contributed by atoms with E-state index < -0.39 is 0 Å². The van der Waals surface area contributed by atoms with Gasteiger partial charge in [-0.2, -0.15) is 10.1 Å². The molecule has 3 N–H and O–H groups in total. The van der Waals surface area contributed by atoms with Crippen LogP contribution in [0.5, 0.6) is 0 Å². The van der Waals surface area contributed by atoms with Crippen molar-refractivity contribution in [2.24, 2.45) is 0 Å². The Hall–Kier alpha value is -2.93. The molecule has 0 saturated heterocycles. The van der Waals surface area contributed by atoms with Crippen LogP contribution in [0.3, 0.4) is 0 Å². The summed E-state index contributed by atoms with van der Waals surface area (Å²) in [6, 6.07) is 13.5. The number of aryl methyl sites for hydroxylation is 1. The molecule has 0 fully saturated rings. The minimum absolute atomic E-state index is 0.405. The second kappa shape index (κ2) is 6.89. The molecule has 7 nitrogen and oxygen atoms in total. The molecule has 2 heterocycles. The summed E-state index contributed by atoms with van der Waals surface area (Å²) in [7, 11) is 1.64. The summed E-state index contributed by atoms with van der Waals surface area (Å²) in [6.07, 6.45) is 0. The minimum atomic E-state index is 0.405. The van der Waals surface area contributed by atoms with Crippen LogP contribution >= 0.6 is 0 Å². The molecular formula is C16H18N6O. The first kappa shape index (κ1) is 15.0. The van der Waals surface area contributed by atoms with Crippen molar-refractivity contribution >= 4 is 23.3 Å². The van der Waals surface area contributed by atoms with Gasteiger partial charge in [-0.15, -0.1) is 0 Å². The van der Waals surface area contributed by atoms with Crippen molar-refractivity contribution in [3.05, 3.63) is 53.9 Å². The average Bonchev–Trinajstić information content (AvgIpc) is 2.93. The predicted octanol–water partition coefficient (Wildman–Crippen LogP) is 3.14. The number of nitrogens with zero attached hydrogens (tertiary/aromatic N) is 3. The van der Waals surface area contributed by atoms with Gasteiger partial charge < -0.3 is 15.4 Å². The third-order valence-corrected chi connectivity index (χ3v) is 3.07. The lowest BCUT2D eigenvalue weighted by atomic mass is 10.3. The highest BCUT2D eigenvalue weighted by molar-refractivity contribution is 5.58. The highest BCUT2D eigenvalue weighted by Crippen LogP contribution is 2.19. The van der Waals surface area contributed by atoms with Crippen molar-refractivity contribution in [3.63, 3.8) is 0 Å². The van der Waals surface area contributed by atoms with Gasteiger partial charge in [0.1, 0.15) is 11.6 Å². The Bertz CT molecular complexity index is 771. The third kappa shape index (κ3) is 4.04. The first-order valence-corrected chi connectivity index (χ1v) is 7.21. The topological polar surface area (TPSA) is 87.8 Å².